The number of aryl methyl sites for hydroxylation is 1. The van der Waals surface area contributed by atoms with E-state index in [-0.39, 0.29) is 17.4 Å². The fourth-order valence-corrected chi connectivity index (χ4v) is 2.80. The first kappa shape index (κ1) is 13.9. The molecule has 1 aliphatic carbocycles. The van der Waals surface area contributed by atoms with Gasteiger partial charge >= 0.3 is 0 Å². The third-order valence-corrected chi connectivity index (χ3v) is 4.44. The van der Waals surface area contributed by atoms with Crippen LogP contribution in [0.15, 0.2) is 54.6 Å². The maximum atomic E-state index is 12.7. The Hall–Kier alpha value is -2.09. The van der Waals surface area contributed by atoms with Crippen LogP contribution in [0.5, 0.6) is 0 Å². The summed E-state index contributed by atoms with van der Waals surface area (Å²) in [6.07, 6.45) is 1.90. The molecule has 0 bridgehead atoms. The van der Waals surface area contributed by atoms with E-state index in [1.54, 1.807) is 0 Å². The zero-order valence-electron chi connectivity index (χ0n) is 12.6. The van der Waals surface area contributed by atoms with E-state index < -0.39 is 0 Å². The predicted octanol–water partition coefficient (Wildman–Crippen LogP) is 3.90. The van der Waals surface area contributed by atoms with E-state index in [0.717, 1.165) is 24.0 Å². The Morgan fingerprint density at radius 2 is 1.67 bits per heavy atom. The minimum Gasteiger partial charge on any atom is -0.349 e. The van der Waals surface area contributed by atoms with Crippen molar-refractivity contribution < 1.29 is 4.79 Å². The lowest BCUT2D eigenvalue weighted by molar-refractivity contribution is -0.124. The van der Waals surface area contributed by atoms with Crippen LogP contribution in [0, 0.1) is 6.92 Å². The van der Waals surface area contributed by atoms with Gasteiger partial charge in [0.2, 0.25) is 5.91 Å². The normalized spacial score (nSPS) is 17.0. The minimum atomic E-state index is -0.291. The molecule has 1 amide bonds. The fourth-order valence-electron chi connectivity index (χ4n) is 2.80. The molecule has 1 unspecified atom stereocenters. The van der Waals surface area contributed by atoms with E-state index in [4.69, 9.17) is 0 Å². The molecular formula is C19H21NO. The van der Waals surface area contributed by atoms with Gasteiger partial charge in [0, 0.05) is 0 Å². The lowest BCUT2D eigenvalue weighted by Gasteiger charge is -2.20. The van der Waals surface area contributed by atoms with Gasteiger partial charge < -0.3 is 5.32 Å². The summed E-state index contributed by atoms with van der Waals surface area (Å²) in [4.78, 5) is 12.7. The fraction of sp³-hybridized carbons (Fsp3) is 0.316. The Balaban J connectivity index is 1.73. The zero-order valence-corrected chi connectivity index (χ0v) is 12.6. The molecule has 1 atom stereocenters. The van der Waals surface area contributed by atoms with Gasteiger partial charge in [0.15, 0.2) is 0 Å². The van der Waals surface area contributed by atoms with Crippen LogP contribution in [0.2, 0.25) is 0 Å². The number of rotatable bonds is 4. The van der Waals surface area contributed by atoms with Gasteiger partial charge in [0.05, 0.1) is 11.5 Å². The predicted molar refractivity (Wildman–Crippen MR) is 85.1 cm³/mol. The molecule has 0 saturated heterocycles. The number of hydrogen-bond acceptors (Lipinski definition) is 1. The molecule has 1 N–H and O–H groups in total. The number of carbonyl (C=O) groups excluding carboxylic acids is 1. The second-order valence-corrected chi connectivity index (χ2v) is 6.05. The summed E-state index contributed by atoms with van der Waals surface area (Å²) >= 11 is 0. The maximum absolute atomic E-state index is 12.7. The van der Waals surface area contributed by atoms with E-state index in [9.17, 15) is 4.79 Å². The van der Waals surface area contributed by atoms with Crippen molar-refractivity contribution in [3.8, 4) is 0 Å². The highest BCUT2D eigenvalue weighted by atomic mass is 16.2. The Kier molecular flexibility index (Phi) is 3.54. The van der Waals surface area contributed by atoms with Crippen LogP contribution in [0.4, 0.5) is 0 Å². The number of benzene rings is 2. The van der Waals surface area contributed by atoms with Crippen molar-refractivity contribution in [2.75, 3.05) is 0 Å². The summed E-state index contributed by atoms with van der Waals surface area (Å²) in [6, 6.07) is 18.5. The first-order valence-corrected chi connectivity index (χ1v) is 7.55. The molecule has 0 spiro atoms. The summed E-state index contributed by atoms with van der Waals surface area (Å²) in [6.45, 7) is 4.12. The molecule has 108 valence electrons. The summed E-state index contributed by atoms with van der Waals surface area (Å²) in [7, 11) is 0. The number of hydrogen-bond donors (Lipinski definition) is 1. The molecule has 1 saturated carbocycles. The molecule has 0 heterocycles. The Labute approximate surface area is 126 Å². The summed E-state index contributed by atoms with van der Waals surface area (Å²) in [5.74, 6) is 0.154. The van der Waals surface area contributed by atoms with Crippen molar-refractivity contribution in [1.29, 1.82) is 0 Å². The van der Waals surface area contributed by atoms with Gasteiger partial charge in [-0.3, -0.25) is 4.79 Å². The van der Waals surface area contributed by atoms with Crippen molar-refractivity contribution in [3.05, 3.63) is 71.3 Å². The number of amides is 1. The van der Waals surface area contributed by atoms with Crippen LogP contribution >= 0.6 is 0 Å². The highest BCUT2D eigenvalue weighted by Crippen LogP contribution is 2.48. The SMILES string of the molecule is Cc1ccc(C(C)NC(=O)C2(c3ccccc3)CC2)cc1. The molecule has 2 heteroatoms. The molecule has 0 radical (unpaired) electrons. The van der Waals surface area contributed by atoms with Crippen LogP contribution in [0.3, 0.4) is 0 Å². The third-order valence-electron chi connectivity index (χ3n) is 4.44. The molecular weight excluding hydrogens is 258 g/mol. The second kappa shape index (κ2) is 5.36. The van der Waals surface area contributed by atoms with Gasteiger partial charge in [0.25, 0.3) is 0 Å². The zero-order chi connectivity index (χ0) is 14.9. The van der Waals surface area contributed by atoms with Crippen molar-refractivity contribution in [1.82, 2.24) is 5.32 Å². The average Bonchev–Trinajstić information content (AvgIpc) is 3.30. The molecule has 1 fully saturated rings. The van der Waals surface area contributed by atoms with Gasteiger partial charge in [-0.15, -0.1) is 0 Å². The second-order valence-electron chi connectivity index (χ2n) is 6.05. The smallest absolute Gasteiger partial charge is 0.231 e. The van der Waals surface area contributed by atoms with Gasteiger partial charge in [-0.25, -0.2) is 0 Å². The molecule has 2 aromatic carbocycles. The molecule has 3 rings (SSSR count). The monoisotopic (exact) mass is 279 g/mol. The van der Waals surface area contributed by atoms with E-state index in [0.29, 0.717) is 0 Å². The van der Waals surface area contributed by atoms with Gasteiger partial charge in [-0.1, -0.05) is 60.2 Å². The number of nitrogens with one attached hydrogen (secondary N) is 1. The lowest BCUT2D eigenvalue weighted by atomic mass is 9.94. The van der Waals surface area contributed by atoms with Crippen molar-refractivity contribution >= 4 is 5.91 Å². The van der Waals surface area contributed by atoms with Crippen molar-refractivity contribution in [3.63, 3.8) is 0 Å². The summed E-state index contributed by atoms with van der Waals surface area (Å²) in [5, 5.41) is 3.18. The Morgan fingerprint density at radius 3 is 2.24 bits per heavy atom. The minimum absolute atomic E-state index is 0.0410. The topological polar surface area (TPSA) is 29.1 Å². The van der Waals surface area contributed by atoms with Gasteiger partial charge in [-0.2, -0.15) is 0 Å². The molecule has 1 aliphatic rings. The van der Waals surface area contributed by atoms with Gasteiger partial charge in [0.1, 0.15) is 0 Å². The number of carbonyl (C=O) groups is 1. The van der Waals surface area contributed by atoms with Crippen LogP contribution < -0.4 is 5.32 Å². The summed E-state index contributed by atoms with van der Waals surface area (Å²) in [5.41, 5.74) is 3.23. The molecule has 0 aromatic heterocycles. The molecule has 21 heavy (non-hydrogen) atoms. The van der Waals surface area contributed by atoms with E-state index in [1.807, 2.05) is 25.1 Å². The van der Waals surface area contributed by atoms with Crippen LogP contribution in [-0.2, 0) is 10.2 Å². The first-order chi connectivity index (χ1) is 10.1. The largest absolute Gasteiger partial charge is 0.349 e. The average molecular weight is 279 g/mol. The van der Waals surface area contributed by atoms with Crippen LogP contribution in [0.1, 0.15) is 42.5 Å². The Morgan fingerprint density at radius 1 is 1.05 bits per heavy atom. The first-order valence-electron chi connectivity index (χ1n) is 7.55. The van der Waals surface area contributed by atoms with Gasteiger partial charge in [-0.05, 0) is 37.8 Å². The Bertz CT molecular complexity index is 626. The molecule has 0 aliphatic heterocycles. The maximum Gasteiger partial charge on any atom is 0.231 e. The highest BCUT2D eigenvalue weighted by Gasteiger charge is 2.51. The van der Waals surface area contributed by atoms with E-state index >= 15 is 0 Å². The lowest BCUT2D eigenvalue weighted by Crippen LogP contribution is -2.36. The van der Waals surface area contributed by atoms with Crippen molar-refractivity contribution in [2.24, 2.45) is 0 Å². The van der Waals surface area contributed by atoms with Crippen molar-refractivity contribution in [2.45, 2.75) is 38.1 Å². The molecule has 2 nitrogen and oxygen atoms in total. The van der Waals surface area contributed by atoms with E-state index in [1.165, 1.54) is 5.56 Å². The van der Waals surface area contributed by atoms with Crippen LogP contribution in [0.25, 0.3) is 0 Å². The quantitative estimate of drug-likeness (QED) is 0.903. The van der Waals surface area contributed by atoms with E-state index in [2.05, 4.69) is 48.6 Å². The highest BCUT2D eigenvalue weighted by molar-refractivity contribution is 5.91. The summed E-state index contributed by atoms with van der Waals surface area (Å²) < 4.78 is 0. The van der Waals surface area contributed by atoms with Crippen LogP contribution in [-0.4, -0.2) is 5.91 Å². The standard InChI is InChI=1S/C19H21NO/c1-14-8-10-16(11-9-14)15(2)20-18(21)19(12-13-19)17-6-4-3-5-7-17/h3-11,15H,12-13H2,1-2H3,(H,20,21). The third kappa shape index (κ3) is 2.71. The molecule has 2 aromatic rings.